The van der Waals surface area contributed by atoms with Gasteiger partial charge in [0.25, 0.3) is 0 Å². The number of fused-ring (bicyclic) bond motifs is 2. The Morgan fingerprint density at radius 1 is 0.565 bits per heavy atom. The van der Waals surface area contributed by atoms with Gasteiger partial charge in [-0.1, -0.05) is 72.8 Å². The quantitative estimate of drug-likeness (QED) is 0.149. The number of halogens is 8. The number of amides is 1. The van der Waals surface area contributed by atoms with Gasteiger partial charge in [0, 0.05) is 37.6 Å². The Morgan fingerprint density at radius 3 is 1.37 bits per heavy atom. The van der Waals surface area contributed by atoms with Crippen molar-refractivity contribution in [1.29, 1.82) is 0 Å². The molecule has 4 nitrogen and oxygen atoms in total. The van der Waals surface area contributed by atoms with Gasteiger partial charge >= 0.3 is 18.3 Å². The predicted molar refractivity (Wildman–Crippen MR) is 228 cm³/mol. The molecule has 0 aliphatic carbocycles. The summed E-state index contributed by atoms with van der Waals surface area (Å²) in [5, 5.41) is 11.1. The maximum atomic E-state index is 14.1. The van der Waals surface area contributed by atoms with Crippen LogP contribution in [-0.2, 0) is 25.2 Å². The second-order valence-corrected chi connectivity index (χ2v) is 16.8. The maximum absolute atomic E-state index is 14.1. The lowest BCUT2D eigenvalue weighted by molar-refractivity contribution is -0.138. The smallest absolute Gasteiger partial charge is 0.416 e. The van der Waals surface area contributed by atoms with Crippen LogP contribution < -0.4 is 5.73 Å². The molecule has 62 heavy (non-hydrogen) atoms. The SMILES string of the molecule is Cc1c(Cc2cccc(C(F)(F)F)c2)sc2c(-c3cc(F)cc(C(=O)O)c3)cccc12.Cc1c(Cc2cccc(C(F)(F)F)c2)sc2c(-c3cc(F)cc(C(N)=O)c3)cccc12. The van der Waals surface area contributed by atoms with E-state index in [1.807, 2.05) is 38.1 Å². The Hall–Kier alpha value is -6.38. The van der Waals surface area contributed by atoms with Gasteiger partial charge in [0.1, 0.15) is 11.6 Å². The van der Waals surface area contributed by atoms with E-state index < -0.39 is 47.0 Å². The average molecular weight is 888 g/mol. The summed E-state index contributed by atoms with van der Waals surface area (Å²) in [6, 6.07) is 29.2. The molecule has 2 heterocycles. The summed E-state index contributed by atoms with van der Waals surface area (Å²) in [5.74, 6) is -3.16. The number of thiophene rings is 2. The largest absolute Gasteiger partial charge is 0.478 e. The minimum Gasteiger partial charge on any atom is -0.478 e. The van der Waals surface area contributed by atoms with Gasteiger partial charge in [-0.2, -0.15) is 26.3 Å². The summed E-state index contributed by atoms with van der Waals surface area (Å²) < 4.78 is 108. The molecule has 0 fully saturated rings. The van der Waals surface area contributed by atoms with Crippen molar-refractivity contribution in [1.82, 2.24) is 0 Å². The van der Waals surface area contributed by atoms with Crippen LogP contribution in [0.15, 0.2) is 121 Å². The number of nitrogens with two attached hydrogens (primary N) is 1. The third-order valence-corrected chi connectivity index (χ3v) is 13.0. The van der Waals surface area contributed by atoms with Crippen molar-refractivity contribution >= 4 is 54.7 Å². The molecule has 1 amide bonds. The third-order valence-electron chi connectivity index (χ3n) is 10.3. The molecule has 0 saturated heterocycles. The van der Waals surface area contributed by atoms with Gasteiger partial charge in [-0.15, -0.1) is 22.7 Å². The van der Waals surface area contributed by atoms with E-state index in [1.165, 1.54) is 53.0 Å². The normalized spacial score (nSPS) is 11.8. The van der Waals surface area contributed by atoms with E-state index in [0.717, 1.165) is 83.0 Å². The highest BCUT2D eigenvalue weighted by molar-refractivity contribution is 7.20. The molecule has 0 atom stereocenters. The molecule has 8 aromatic rings. The highest BCUT2D eigenvalue weighted by Gasteiger charge is 2.31. The van der Waals surface area contributed by atoms with Crippen molar-refractivity contribution in [3.8, 4) is 22.3 Å². The van der Waals surface area contributed by atoms with Crippen LogP contribution in [0, 0.1) is 25.5 Å². The first-order chi connectivity index (χ1) is 29.3. The number of carbonyl (C=O) groups is 2. The van der Waals surface area contributed by atoms with Gasteiger partial charge in [-0.3, -0.25) is 4.79 Å². The van der Waals surface area contributed by atoms with E-state index in [4.69, 9.17) is 5.73 Å². The minimum atomic E-state index is -4.41. The van der Waals surface area contributed by atoms with Gasteiger partial charge in [0.05, 0.1) is 16.7 Å². The van der Waals surface area contributed by atoms with E-state index in [1.54, 1.807) is 30.3 Å². The highest BCUT2D eigenvalue weighted by Crippen LogP contribution is 2.42. The summed E-state index contributed by atoms with van der Waals surface area (Å²) in [6.45, 7) is 3.83. The number of carboxylic acids is 1. The Labute approximate surface area is 357 Å². The van der Waals surface area contributed by atoms with Crippen LogP contribution in [0.25, 0.3) is 42.4 Å². The van der Waals surface area contributed by atoms with Crippen LogP contribution in [-0.4, -0.2) is 17.0 Å². The van der Waals surface area contributed by atoms with Gasteiger partial charge in [0.2, 0.25) is 5.91 Å². The van der Waals surface area contributed by atoms with Crippen LogP contribution in [0.4, 0.5) is 35.1 Å². The second-order valence-electron chi connectivity index (χ2n) is 14.5. The number of benzene rings is 6. The average Bonchev–Trinajstić information content (AvgIpc) is 3.71. The summed E-state index contributed by atoms with van der Waals surface area (Å²) in [6.07, 6.45) is -8.12. The van der Waals surface area contributed by atoms with Gasteiger partial charge in [-0.05, 0) is 118 Å². The molecule has 2 aromatic heterocycles. The van der Waals surface area contributed by atoms with Crippen LogP contribution in [0.1, 0.15) is 63.9 Å². The molecule has 6 aromatic carbocycles. The lowest BCUT2D eigenvalue weighted by atomic mass is 9.99. The number of hydrogen-bond acceptors (Lipinski definition) is 4. The van der Waals surface area contributed by atoms with Crippen molar-refractivity contribution < 1.29 is 49.8 Å². The minimum absolute atomic E-state index is 0.0736. The monoisotopic (exact) mass is 887 g/mol. The molecular weight excluding hydrogens is 855 g/mol. The molecule has 0 aliphatic heterocycles. The van der Waals surface area contributed by atoms with E-state index in [0.29, 0.717) is 40.7 Å². The van der Waals surface area contributed by atoms with E-state index in [2.05, 4.69) is 0 Å². The number of alkyl halides is 6. The number of carbonyl (C=O) groups excluding carboxylic acids is 1. The molecule has 0 aliphatic rings. The lowest BCUT2D eigenvalue weighted by Crippen LogP contribution is -2.11. The van der Waals surface area contributed by atoms with Crippen LogP contribution >= 0.6 is 22.7 Å². The maximum Gasteiger partial charge on any atom is 0.416 e. The molecular formula is C48H33F8NO3S2. The number of carboxylic acid groups (broad SMARTS) is 1. The molecule has 14 heteroatoms. The first-order valence-corrected chi connectivity index (χ1v) is 20.4. The summed E-state index contributed by atoms with van der Waals surface area (Å²) >= 11 is 2.88. The fourth-order valence-electron chi connectivity index (χ4n) is 7.22. The number of aryl methyl sites for hydroxylation is 2. The fourth-order valence-corrected chi connectivity index (χ4v) is 9.97. The summed E-state index contributed by atoms with van der Waals surface area (Å²) in [7, 11) is 0. The molecule has 0 spiro atoms. The molecule has 3 N–H and O–H groups in total. The Morgan fingerprint density at radius 2 is 0.968 bits per heavy atom. The number of aromatic carboxylic acids is 1. The summed E-state index contributed by atoms with van der Waals surface area (Å²) in [4.78, 5) is 24.7. The number of rotatable bonds is 8. The molecule has 0 bridgehead atoms. The van der Waals surface area contributed by atoms with Crippen molar-refractivity contribution in [2.75, 3.05) is 0 Å². The summed E-state index contributed by atoms with van der Waals surface area (Å²) in [5.41, 5.74) is 9.27. The predicted octanol–water partition coefficient (Wildman–Crippen LogP) is 14.0. The zero-order valence-electron chi connectivity index (χ0n) is 32.6. The van der Waals surface area contributed by atoms with E-state index in [-0.39, 0.29) is 11.1 Å². The zero-order chi connectivity index (χ0) is 44.7. The first-order valence-electron chi connectivity index (χ1n) is 18.8. The van der Waals surface area contributed by atoms with Gasteiger partial charge in [0.15, 0.2) is 0 Å². The van der Waals surface area contributed by atoms with Crippen LogP contribution in [0.3, 0.4) is 0 Å². The highest BCUT2D eigenvalue weighted by atomic mass is 32.1. The number of primary amides is 1. The van der Waals surface area contributed by atoms with Crippen LogP contribution in [0.5, 0.6) is 0 Å². The first kappa shape index (κ1) is 43.7. The topological polar surface area (TPSA) is 80.4 Å². The molecule has 0 radical (unpaired) electrons. The lowest BCUT2D eigenvalue weighted by Gasteiger charge is -2.08. The van der Waals surface area contributed by atoms with E-state index >= 15 is 0 Å². The van der Waals surface area contributed by atoms with Crippen molar-refractivity contribution in [3.05, 3.63) is 187 Å². The molecule has 316 valence electrons. The molecule has 0 unspecified atom stereocenters. The van der Waals surface area contributed by atoms with Crippen molar-refractivity contribution in [2.45, 2.75) is 39.0 Å². The van der Waals surface area contributed by atoms with Crippen LogP contribution in [0.2, 0.25) is 0 Å². The molecule has 0 saturated carbocycles. The molecule has 8 rings (SSSR count). The van der Waals surface area contributed by atoms with Gasteiger partial charge in [-0.25, -0.2) is 13.6 Å². The van der Waals surface area contributed by atoms with Crippen molar-refractivity contribution in [2.24, 2.45) is 5.73 Å². The van der Waals surface area contributed by atoms with E-state index in [9.17, 15) is 49.8 Å². The van der Waals surface area contributed by atoms with Crippen molar-refractivity contribution in [3.63, 3.8) is 0 Å². The Bertz CT molecular complexity index is 2820. The third kappa shape index (κ3) is 9.41. The zero-order valence-corrected chi connectivity index (χ0v) is 34.3. The van der Waals surface area contributed by atoms with Gasteiger partial charge < -0.3 is 10.8 Å². The Kier molecular flexibility index (Phi) is 12.1. The standard InChI is InChI=1S/C24H17F4NOS.C24H16F4O2S/c2*1-13-19-6-3-7-20(15-10-16(23(29)30)12-18(25)11-15)22(19)31-21(13)9-14-4-2-5-17(8-14)24(26,27)28/h2-8,10-12H,9H2,1H3,(H2,29,30);2-8,10-12H,9H2,1H3,(H,29,30). The fraction of sp³-hybridized carbons (Fsp3) is 0.125. The Balaban J connectivity index is 0.000000186. The second kappa shape index (κ2) is 17.2. The number of hydrogen-bond donors (Lipinski definition) is 2.